The van der Waals surface area contributed by atoms with E-state index < -0.39 is 4.92 Å². The molecule has 0 radical (unpaired) electrons. The van der Waals surface area contributed by atoms with Crippen molar-refractivity contribution in [3.63, 3.8) is 0 Å². The molecule has 0 unspecified atom stereocenters. The maximum Gasteiger partial charge on any atom is 0.311 e. The van der Waals surface area contributed by atoms with Crippen LogP contribution in [-0.4, -0.2) is 17.6 Å². The minimum atomic E-state index is -0.480. The normalized spacial score (nSPS) is 11.8. The number of nitro benzene ring substituents is 1. The largest absolute Gasteiger partial charge is 0.481 e. The Morgan fingerprint density at radius 1 is 1.55 bits per heavy atom. The predicted octanol–water partition coefficient (Wildman–Crippen LogP) is 3.79. The second-order valence-electron chi connectivity index (χ2n) is 4.44. The highest BCUT2D eigenvalue weighted by Gasteiger charge is 2.16. The van der Waals surface area contributed by atoms with Crippen LogP contribution in [0.3, 0.4) is 0 Å². The zero-order valence-electron chi connectivity index (χ0n) is 11.2. The van der Waals surface area contributed by atoms with Gasteiger partial charge < -0.3 is 10.1 Å². The lowest BCUT2D eigenvalue weighted by atomic mass is 10.2. The van der Waals surface area contributed by atoms with Crippen molar-refractivity contribution < 1.29 is 9.66 Å². The van der Waals surface area contributed by atoms with Gasteiger partial charge >= 0.3 is 5.69 Å². The van der Waals surface area contributed by atoms with E-state index >= 15 is 0 Å². The quantitative estimate of drug-likeness (QED) is 0.613. The molecule has 1 aromatic carbocycles. The lowest BCUT2D eigenvalue weighted by Gasteiger charge is -2.10. The first-order valence-electron chi connectivity index (χ1n) is 6.02. The van der Waals surface area contributed by atoms with Crippen molar-refractivity contribution in [3.8, 4) is 5.75 Å². The zero-order chi connectivity index (χ0) is 15.1. The summed E-state index contributed by atoms with van der Waals surface area (Å²) in [5, 5.41) is 14.5. The summed E-state index contributed by atoms with van der Waals surface area (Å²) in [7, 11) is 0. The molecule has 0 saturated heterocycles. The van der Waals surface area contributed by atoms with E-state index in [1.807, 2.05) is 13.8 Å². The van der Waals surface area contributed by atoms with Crippen molar-refractivity contribution in [1.29, 1.82) is 0 Å². The van der Waals surface area contributed by atoms with Crippen molar-refractivity contribution in [1.82, 2.24) is 5.32 Å². The van der Waals surface area contributed by atoms with Crippen molar-refractivity contribution in [2.24, 2.45) is 0 Å². The Hall–Kier alpha value is -1.30. The van der Waals surface area contributed by atoms with Crippen molar-refractivity contribution in [2.75, 3.05) is 6.61 Å². The molecular weight excluding hydrogens is 303 g/mol. The van der Waals surface area contributed by atoms with E-state index in [0.717, 1.165) is 11.1 Å². The molecule has 0 heterocycles. The number of rotatable bonds is 7. The van der Waals surface area contributed by atoms with Crippen LogP contribution >= 0.6 is 23.2 Å². The van der Waals surface area contributed by atoms with E-state index in [-0.39, 0.29) is 23.1 Å². The number of benzene rings is 1. The average Bonchev–Trinajstić information content (AvgIpc) is 2.42. The van der Waals surface area contributed by atoms with Gasteiger partial charge in [0.1, 0.15) is 6.61 Å². The third-order valence-electron chi connectivity index (χ3n) is 2.42. The summed E-state index contributed by atoms with van der Waals surface area (Å²) in [5.41, 5.74) is 1.89. The van der Waals surface area contributed by atoms with Gasteiger partial charge in [0, 0.05) is 24.2 Å². The highest BCUT2D eigenvalue weighted by Crippen LogP contribution is 2.28. The second-order valence-corrected chi connectivity index (χ2v) is 5.14. The zero-order valence-corrected chi connectivity index (χ0v) is 12.7. The van der Waals surface area contributed by atoms with Gasteiger partial charge in [-0.1, -0.05) is 43.1 Å². The molecule has 5 nitrogen and oxygen atoms in total. The molecule has 0 amide bonds. The van der Waals surface area contributed by atoms with Crippen LogP contribution in [0.2, 0.25) is 0 Å². The highest BCUT2D eigenvalue weighted by atomic mass is 35.5. The van der Waals surface area contributed by atoms with Crippen LogP contribution in [0.25, 0.3) is 0 Å². The van der Waals surface area contributed by atoms with Gasteiger partial charge in [-0.2, -0.15) is 0 Å². The molecule has 1 N–H and O–H groups in total. The van der Waals surface area contributed by atoms with Crippen LogP contribution in [0, 0.1) is 10.1 Å². The molecule has 0 aromatic heterocycles. The van der Waals surface area contributed by atoms with Crippen LogP contribution in [0.5, 0.6) is 5.75 Å². The predicted molar refractivity (Wildman–Crippen MR) is 80.4 cm³/mol. The number of ether oxygens (including phenoxy) is 1. The molecule has 0 saturated carbocycles. The third-order valence-corrected chi connectivity index (χ3v) is 3.01. The number of halogens is 2. The Morgan fingerprint density at radius 3 is 2.80 bits per heavy atom. The Bertz CT molecular complexity index is 504. The summed E-state index contributed by atoms with van der Waals surface area (Å²) in [6.07, 6.45) is 0. The molecule has 0 aliphatic rings. The van der Waals surface area contributed by atoms with Crippen LogP contribution in [-0.2, 0) is 6.54 Å². The van der Waals surface area contributed by atoms with Gasteiger partial charge in [-0.15, -0.1) is 0 Å². The molecule has 0 spiro atoms. The fourth-order valence-electron chi connectivity index (χ4n) is 1.44. The minimum Gasteiger partial charge on any atom is -0.481 e. The summed E-state index contributed by atoms with van der Waals surface area (Å²) in [6.45, 7) is 4.56. The van der Waals surface area contributed by atoms with Gasteiger partial charge in [0.2, 0.25) is 0 Å². The topological polar surface area (TPSA) is 64.4 Å². The molecule has 20 heavy (non-hydrogen) atoms. The first-order chi connectivity index (χ1) is 9.43. The van der Waals surface area contributed by atoms with Crippen LogP contribution in [0.15, 0.2) is 28.8 Å². The van der Waals surface area contributed by atoms with E-state index in [4.69, 9.17) is 27.9 Å². The van der Waals surface area contributed by atoms with E-state index in [0.29, 0.717) is 12.6 Å². The lowest BCUT2D eigenvalue weighted by Crippen LogP contribution is -2.21. The Labute approximate surface area is 127 Å². The number of hydrogen-bond acceptors (Lipinski definition) is 4. The number of nitrogens with zero attached hydrogens (tertiary/aromatic N) is 1. The Morgan fingerprint density at radius 2 is 2.25 bits per heavy atom. The number of hydrogen-bond donors (Lipinski definition) is 1. The van der Waals surface area contributed by atoms with Gasteiger partial charge in [-0.3, -0.25) is 10.1 Å². The van der Waals surface area contributed by atoms with Crippen molar-refractivity contribution in [2.45, 2.75) is 26.4 Å². The van der Waals surface area contributed by atoms with Crippen LogP contribution in [0.1, 0.15) is 19.4 Å². The highest BCUT2D eigenvalue weighted by molar-refractivity contribution is 6.36. The Balaban J connectivity index is 2.87. The minimum absolute atomic E-state index is 0.00448. The standard InChI is InChI=1S/C13H16Cl2N2O3/c1-9(2)16-7-10-3-4-13(12(5-10)17(18)19)20-8-11(15)6-14/h3-6,9,16H,7-8H2,1-2H3. The average molecular weight is 319 g/mol. The lowest BCUT2D eigenvalue weighted by molar-refractivity contribution is -0.385. The molecule has 0 bridgehead atoms. The van der Waals surface area contributed by atoms with E-state index in [1.165, 1.54) is 6.07 Å². The Kier molecular flexibility index (Phi) is 6.78. The van der Waals surface area contributed by atoms with Gasteiger partial charge in [0.15, 0.2) is 5.75 Å². The smallest absolute Gasteiger partial charge is 0.311 e. The SMILES string of the molecule is CC(C)NCc1ccc(OCC(Cl)=CCl)c([N+](=O)[O-])c1. The fraction of sp³-hybridized carbons (Fsp3) is 0.385. The maximum absolute atomic E-state index is 11.1. The van der Waals surface area contributed by atoms with Gasteiger partial charge in [0.25, 0.3) is 0 Å². The fourth-order valence-corrected chi connectivity index (χ4v) is 1.56. The van der Waals surface area contributed by atoms with Crippen molar-refractivity contribution in [3.05, 3.63) is 44.4 Å². The molecule has 1 rings (SSSR count). The first-order valence-corrected chi connectivity index (χ1v) is 6.83. The summed E-state index contributed by atoms with van der Waals surface area (Å²) < 4.78 is 5.28. The summed E-state index contributed by atoms with van der Waals surface area (Å²) in [4.78, 5) is 10.6. The molecule has 110 valence electrons. The van der Waals surface area contributed by atoms with Gasteiger partial charge in [-0.05, 0) is 11.6 Å². The number of nitrogens with one attached hydrogen (secondary N) is 1. The second kappa shape index (κ2) is 8.09. The molecule has 0 aliphatic heterocycles. The van der Waals surface area contributed by atoms with E-state index in [9.17, 15) is 10.1 Å². The summed E-state index contributed by atoms with van der Waals surface area (Å²) in [5.74, 6) is 0.167. The third kappa shape index (κ3) is 5.36. The van der Waals surface area contributed by atoms with Crippen molar-refractivity contribution >= 4 is 28.9 Å². The van der Waals surface area contributed by atoms with Gasteiger partial charge in [0.05, 0.1) is 9.96 Å². The molecule has 0 aliphatic carbocycles. The summed E-state index contributed by atoms with van der Waals surface area (Å²) >= 11 is 11.1. The maximum atomic E-state index is 11.1. The van der Waals surface area contributed by atoms with Crippen LogP contribution < -0.4 is 10.1 Å². The van der Waals surface area contributed by atoms with E-state index in [2.05, 4.69) is 5.32 Å². The summed E-state index contributed by atoms with van der Waals surface area (Å²) in [6, 6.07) is 5.13. The molecular formula is C13H16Cl2N2O3. The molecule has 7 heteroatoms. The monoisotopic (exact) mass is 318 g/mol. The van der Waals surface area contributed by atoms with Gasteiger partial charge in [-0.25, -0.2) is 0 Å². The van der Waals surface area contributed by atoms with Crippen LogP contribution in [0.4, 0.5) is 5.69 Å². The molecule has 0 atom stereocenters. The molecule has 0 fully saturated rings. The van der Waals surface area contributed by atoms with E-state index in [1.54, 1.807) is 12.1 Å². The first kappa shape index (κ1) is 16.8. The molecule has 1 aromatic rings. The number of nitro groups is 1.